The van der Waals surface area contributed by atoms with E-state index in [0.29, 0.717) is 10.4 Å². The van der Waals surface area contributed by atoms with Gasteiger partial charge in [-0.15, -0.1) is 0 Å². The molecule has 30 heavy (non-hydrogen) atoms. The second kappa shape index (κ2) is 8.39. The van der Waals surface area contributed by atoms with Gasteiger partial charge in [-0.3, -0.25) is 19.5 Å². The molecule has 0 aliphatic carbocycles. The molecule has 6 nitrogen and oxygen atoms in total. The molecule has 1 unspecified atom stereocenters. The maximum Gasteiger partial charge on any atom is 0.273 e. The highest BCUT2D eigenvalue weighted by Crippen LogP contribution is 2.23. The number of amides is 1. The van der Waals surface area contributed by atoms with E-state index in [-0.39, 0.29) is 11.9 Å². The van der Waals surface area contributed by atoms with Crippen LogP contribution >= 0.6 is 11.6 Å². The third-order valence-corrected chi connectivity index (χ3v) is 5.08. The van der Waals surface area contributed by atoms with Crippen molar-refractivity contribution in [3.05, 3.63) is 116 Å². The summed E-state index contributed by atoms with van der Waals surface area (Å²) in [6, 6.07) is 22.7. The number of carbonyl (C=O) groups excluding carboxylic acids is 1. The van der Waals surface area contributed by atoms with Gasteiger partial charge in [0.1, 0.15) is 6.54 Å². The Morgan fingerprint density at radius 3 is 2.17 bits per heavy atom. The van der Waals surface area contributed by atoms with Crippen LogP contribution in [0.2, 0.25) is 5.02 Å². The first kappa shape index (κ1) is 19.7. The van der Waals surface area contributed by atoms with Gasteiger partial charge in [0.2, 0.25) is 5.91 Å². The van der Waals surface area contributed by atoms with Gasteiger partial charge in [0.05, 0.1) is 16.8 Å². The molecule has 1 atom stereocenters. The van der Waals surface area contributed by atoms with Crippen molar-refractivity contribution in [2.45, 2.75) is 12.6 Å². The molecule has 0 bridgehead atoms. The number of aromatic nitrogens is 2. The van der Waals surface area contributed by atoms with E-state index in [9.17, 15) is 14.4 Å². The maximum absolute atomic E-state index is 12.8. The number of fused-ring (bicyclic) bond motifs is 1. The van der Waals surface area contributed by atoms with Crippen LogP contribution in [0.4, 0.5) is 0 Å². The normalized spacial score (nSPS) is 11.9. The van der Waals surface area contributed by atoms with Gasteiger partial charge in [-0.25, -0.2) is 4.68 Å². The molecule has 4 rings (SSSR count). The average Bonchev–Trinajstić information content (AvgIpc) is 2.77. The fourth-order valence-electron chi connectivity index (χ4n) is 3.37. The van der Waals surface area contributed by atoms with Gasteiger partial charge in [0, 0.05) is 5.02 Å². The number of halogens is 1. The molecule has 0 aliphatic rings. The zero-order valence-corrected chi connectivity index (χ0v) is 16.6. The highest BCUT2D eigenvalue weighted by atomic mass is 35.5. The van der Waals surface area contributed by atoms with Gasteiger partial charge >= 0.3 is 0 Å². The first-order valence-corrected chi connectivity index (χ1v) is 9.72. The minimum atomic E-state index is -0.432. The Bertz CT molecular complexity index is 1310. The van der Waals surface area contributed by atoms with E-state index in [4.69, 9.17) is 11.6 Å². The molecule has 1 heterocycles. The van der Waals surface area contributed by atoms with Crippen LogP contribution in [0.5, 0.6) is 0 Å². The number of hydrogen-bond acceptors (Lipinski definition) is 3. The molecule has 0 spiro atoms. The summed E-state index contributed by atoms with van der Waals surface area (Å²) in [6.45, 7) is -0.310. The molecule has 4 aromatic rings. The van der Waals surface area contributed by atoms with E-state index in [1.54, 1.807) is 36.4 Å². The van der Waals surface area contributed by atoms with E-state index in [1.807, 2.05) is 42.5 Å². The Morgan fingerprint density at radius 1 is 0.867 bits per heavy atom. The lowest BCUT2D eigenvalue weighted by atomic mass is 9.98. The van der Waals surface area contributed by atoms with Crippen LogP contribution in [0.3, 0.4) is 0 Å². The summed E-state index contributed by atoms with van der Waals surface area (Å²) in [5.41, 5.74) is 0.879. The predicted octanol–water partition coefficient (Wildman–Crippen LogP) is 3.25. The number of benzene rings is 3. The zero-order chi connectivity index (χ0) is 21.1. The summed E-state index contributed by atoms with van der Waals surface area (Å²) in [6.07, 6.45) is 0. The Kier molecular flexibility index (Phi) is 5.50. The Balaban J connectivity index is 1.65. The molecule has 1 amide bonds. The number of rotatable bonds is 5. The summed E-state index contributed by atoms with van der Waals surface area (Å²) in [5.74, 6) is -0.410. The van der Waals surface area contributed by atoms with Crippen molar-refractivity contribution in [2.24, 2.45) is 0 Å². The summed E-state index contributed by atoms with van der Waals surface area (Å²) in [7, 11) is 0. The Labute approximate surface area is 176 Å². The highest BCUT2D eigenvalue weighted by molar-refractivity contribution is 6.30. The zero-order valence-electron chi connectivity index (χ0n) is 15.8. The van der Waals surface area contributed by atoms with Gasteiger partial charge in [0.15, 0.2) is 0 Å². The smallest absolute Gasteiger partial charge is 0.273 e. The maximum atomic E-state index is 12.8. The number of carbonyl (C=O) groups is 1. The second-order valence-electron chi connectivity index (χ2n) is 6.84. The summed E-state index contributed by atoms with van der Waals surface area (Å²) >= 11 is 6.00. The first-order valence-electron chi connectivity index (χ1n) is 9.34. The first-order chi connectivity index (χ1) is 14.5. The number of aromatic amines is 1. The van der Waals surface area contributed by atoms with E-state index >= 15 is 0 Å². The SMILES string of the molecule is O=C(Cn1[nH]c(=O)c2ccccc2c1=O)NC(c1ccccc1)c1ccc(Cl)cc1. The lowest BCUT2D eigenvalue weighted by molar-refractivity contribution is -0.122. The van der Waals surface area contributed by atoms with E-state index in [1.165, 1.54) is 0 Å². The van der Waals surface area contributed by atoms with E-state index < -0.39 is 23.1 Å². The molecule has 7 heteroatoms. The molecule has 0 saturated carbocycles. The van der Waals surface area contributed by atoms with Gasteiger partial charge in [-0.1, -0.05) is 66.2 Å². The fourth-order valence-corrected chi connectivity index (χ4v) is 3.49. The highest BCUT2D eigenvalue weighted by Gasteiger charge is 2.18. The van der Waals surface area contributed by atoms with Crippen LogP contribution in [0.25, 0.3) is 10.8 Å². The van der Waals surface area contributed by atoms with E-state index in [0.717, 1.165) is 15.8 Å². The van der Waals surface area contributed by atoms with Crippen LogP contribution in [-0.4, -0.2) is 15.7 Å². The molecule has 0 fully saturated rings. The van der Waals surface area contributed by atoms with Crippen molar-refractivity contribution >= 4 is 28.3 Å². The average molecular weight is 420 g/mol. The lowest BCUT2D eigenvalue weighted by Crippen LogP contribution is -2.38. The molecule has 0 radical (unpaired) electrons. The second-order valence-corrected chi connectivity index (χ2v) is 7.28. The van der Waals surface area contributed by atoms with Gasteiger partial charge in [0.25, 0.3) is 11.1 Å². The third-order valence-electron chi connectivity index (χ3n) is 4.83. The third kappa shape index (κ3) is 4.04. The van der Waals surface area contributed by atoms with Gasteiger partial charge < -0.3 is 5.32 Å². The van der Waals surface area contributed by atoms with E-state index in [2.05, 4.69) is 10.4 Å². The number of H-pyrrole nitrogens is 1. The standard InChI is InChI=1S/C23H18ClN3O3/c24-17-12-10-16(11-13-17)21(15-6-2-1-3-7-15)25-20(28)14-27-23(30)19-9-5-4-8-18(19)22(29)26-27/h1-13,21H,14H2,(H,25,28)(H,26,29). The Morgan fingerprint density at radius 2 is 1.47 bits per heavy atom. The molecule has 0 aliphatic heterocycles. The fraction of sp³-hybridized carbons (Fsp3) is 0.0870. The van der Waals surface area contributed by atoms with Crippen molar-refractivity contribution in [2.75, 3.05) is 0 Å². The van der Waals surface area contributed by atoms with Gasteiger partial charge in [-0.2, -0.15) is 0 Å². The van der Waals surface area contributed by atoms with Crippen molar-refractivity contribution in [1.82, 2.24) is 15.1 Å². The topological polar surface area (TPSA) is 84.0 Å². The van der Waals surface area contributed by atoms with Crippen LogP contribution < -0.4 is 16.4 Å². The Hall–Kier alpha value is -3.64. The molecule has 3 aromatic carbocycles. The largest absolute Gasteiger partial charge is 0.344 e. The van der Waals surface area contributed by atoms with Crippen molar-refractivity contribution < 1.29 is 4.79 Å². The van der Waals surface area contributed by atoms with Crippen LogP contribution in [0, 0.1) is 0 Å². The summed E-state index contributed by atoms with van der Waals surface area (Å²) < 4.78 is 1.03. The van der Waals surface area contributed by atoms with Crippen molar-refractivity contribution in [3.8, 4) is 0 Å². The number of hydrogen-bond donors (Lipinski definition) is 2. The summed E-state index contributed by atoms with van der Waals surface area (Å²) in [4.78, 5) is 37.8. The van der Waals surface area contributed by atoms with Crippen LogP contribution in [0.15, 0.2) is 88.5 Å². The molecular weight excluding hydrogens is 402 g/mol. The van der Waals surface area contributed by atoms with Crippen LogP contribution in [0.1, 0.15) is 17.2 Å². The minimum absolute atomic E-state index is 0.270. The minimum Gasteiger partial charge on any atom is -0.344 e. The number of nitrogens with one attached hydrogen (secondary N) is 2. The molecule has 2 N–H and O–H groups in total. The number of nitrogens with zero attached hydrogens (tertiary/aromatic N) is 1. The van der Waals surface area contributed by atoms with Crippen LogP contribution in [-0.2, 0) is 11.3 Å². The predicted molar refractivity (Wildman–Crippen MR) is 117 cm³/mol. The summed E-state index contributed by atoms with van der Waals surface area (Å²) in [5, 5.41) is 6.59. The molecule has 150 valence electrons. The quantitative estimate of drug-likeness (QED) is 0.520. The van der Waals surface area contributed by atoms with Crippen molar-refractivity contribution in [1.29, 1.82) is 0 Å². The lowest BCUT2D eigenvalue weighted by Gasteiger charge is -2.20. The molecule has 1 aromatic heterocycles. The molecular formula is C23H18ClN3O3. The van der Waals surface area contributed by atoms with Gasteiger partial charge in [-0.05, 0) is 35.4 Å². The molecule has 0 saturated heterocycles. The van der Waals surface area contributed by atoms with Crippen molar-refractivity contribution in [3.63, 3.8) is 0 Å². The monoisotopic (exact) mass is 419 g/mol.